The van der Waals surface area contributed by atoms with Gasteiger partial charge in [0.2, 0.25) is 0 Å². The van der Waals surface area contributed by atoms with Crippen LogP contribution in [0, 0.1) is 32.1 Å². The molecule has 0 saturated carbocycles. The fraction of sp³-hybridized carbons (Fsp3) is 0.205. The number of ether oxygens (including phenoxy) is 2. The van der Waals surface area contributed by atoms with Gasteiger partial charge in [0.25, 0.3) is 0 Å². The molecular weight excluding hydrogens is 827 g/mol. The van der Waals surface area contributed by atoms with Gasteiger partial charge in [-0.2, -0.15) is 0 Å². The molecule has 2 amide bonds. The van der Waals surface area contributed by atoms with Crippen molar-refractivity contribution in [3.8, 4) is 0 Å². The number of rotatable bonds is 17. The number of likely N-dealkylation sites (tertiary alicyclic amines) is 1. The van der Waals surface area contributed by atoms with Gasteiger partial charge < -0.3 is 0 Å². The zero-order valence-electron chi connectivity index (χ0n) is 32.9. The van der Waals surface area contributed by atoms with Crippen molar-refractivity contribution < 1.29 is 43.3 Å². The number of halogens is 1. The summed E-state index contributed by atoms with van der Waals surface area (Å²) >= 11 is 6.17. The summed E-state index contributed by atoms with van der Waals surface area (Å²) in [6.07, 6.45) is -1.49. The quantitative estimate of drug-likeness (QED) is 0.0259. The Bertz CT molecular complexity index is 2380. The Kier molecular flexibility index (Phi) is 13.1. The van der Waals surface area contributed by atoms with Crippen LogP contribution in [0.2, 0.25) is 0 Å². The van der Waals surface area contributed by atoms with Gasteiger partial charge in [-0.1, -0.05) is 6.07 Å². The van der Waals surface area contributed by atoms with E-state index in [4.69, 9.17) is 21.1 Å². The van der Waals surface area contributed by atoms with Crippen LogP contribution in [0.4, 0.5) is 21.0 Å². The number of carbonyl (C=O) groups is 5. The van der Waals surface area contributed by atoms with Crippen LogP contribution in [0.1, 0.15) is 25.0 Å². The van der Waals surface area contributed by atoms with Crippen LogP contribution in [-0.2, 0) is 37.1 Å². The molecule has 314 valence electrons. The molecule has 0 spiro atoms. The fourth-order valence-electron chi connectivity index (χ4n) is 8.20. The number of nitrogens with one attached hydrogen (secondary N) is 1. The van der Waals surface area contributed by atoms with Crippen LogP contribution in [0.3, 0.4) is 0 Å². The second-order valence-corrected chi connectivity index (χ2v) is 19.7. The van der Waals surface area contributed by atoms with Crippen LogP contribution in [0.5, 0.6) is 0 Å². The van der Waals surface area contributed by atoms with Crippen molar-refractivity contribution >= 4 is 74.2 Å². The van der Waals surface area contributed by atoms with Crippen molar-refractivity contribution in [1.29, 1.82) is 0 Å². The number of Topliss-reactive ketones (excluding diaryl/α,β-unsaturated/α-hetero) is 1. The Balaban J connectivity index is 1.49. The number of nitro groups is 2. The molecule has 1 fully saturated rings. The number of nitro benzene ring substituents is 2. The number of β-lactam (4-membered cyclic amide) rings is 1. The van der Waals surface area contributed by atoms with E-state index in [1.54, 1.807) is 103 Å². The Morgan fingerprint density at radius 2 is 1.11 bits per heavy atom. The second-order valence-electron chi connectivity index (χ2n) is 14.5. The molecule has 1 N–H and O–H groups in total. The van der Waals surface area contributed by atoms with E-state index in [1.165, 1.54) is 48.2 Å². The van der Waals surface area contributed by atoms with Crippen molar-refractivity contribution in [3.63, 3.8) is 0 Å². The Morgan fingerprint density at radius 3 is 1.52 bits per heavy atom. The minimum atomic E-state index is -4.98. The number of benzene rings is 5. The molecule has 1 aliphatic heterocycles. The van der Waals surface area contributed by atoms with E-state index in [2.05, 4.69) is 5.32 Å². The average molecular weight is 867 g/mol. The monoisotopic (exact) mass is 866 g/mol. The first kappa shape index (κ1) is 43.7. The van der Waals surface area contributed by atoms with Crippen molar-refractivity contribution in [1.82, 2.24) is 10.2 Å². The normalized spacial score (nSPS) is 16.4. The van der Waals surface area contributed by atoms with Gasteiger partial charge >= 0.3 is 340 Å². The summed E-state index contributed by atoms with van der Waals surface area (Å²) < 4.78 is 11.6. The summed E-state index contributed by atoms with van der Waals surface area (Å²) in [6, 6.07) is 35.0. The van der Waals surface area contributed by atoms with Crippen LogP contribution >= 0.6 is 18.2 Å². The SMILES string of the molecule is CC(=O)C(C(=O)Cl)C1C(C(C)NC(=O)OCc2ccccc2[N+](=O)[O-])C(=O)N1CP(C(=O)OCc1ccccc1[N+](=O)[O-])(c1ccccc1)(c1ccccc1)c1ccccc1. The molecule has 4 atom stereocenters. The van der Waals surface area contributed by atoms with Gasteiger partial charge in [-0.05, 0) is 0 Å². The molecule has 6 rings (SSSR count). The molecule has 1 aliphatic rings. The summed E-state index contributed by atoms with van der Waals surface area (Å²) in [5, 5.41) is 26.4. The number of nitrogens with zero attached hydrogens (tertiary/aromatic N) is 3. The number of para-hydroxylation sites is 2. The molecule has 0 bridgehead atoms. The number of amides is 2. The average Bonchev–Trinajstić information content (AvgIpc) is 3.26. The second kappa shape index (κ2) is 18.2. The Morgan fingerprint density at radius 1 is 0.705 bits per heavy atom. The summed E-state index contributed by atoms with van der Waals surface area (Å²) in [5.74, 6) is -4.21. The van der Waals surface area contributed by atoms with Crippen molar-refractivity contribution in [2.24, 2.45) is 11.8 Å². The van der Waals surface area contributed by atoms with Gasteiger partial charge in [0, 0.05) is 0 Å². The molecule has 1 heterocycles. The molecule has 0 radical (unpaired) electrons. The van der Waals surface area contributed by atoms with E-state index in [1.807, 2.05) is 0 Å². The predicted octanol–water partition coefficient (Wildman–Crippen LogP) is 6.74. The number of ketones is 1. The van der Waals surface area contributed by atoms with E-state index < -0.39 is 88.6 Å². The molecule has 5 aromatic carbocycles. The Hall–Kier alpha value is -6.83. The van der Waals surface area contributed by atoms with Gasteiger partial charge in [-0.25, -0.2) is 0 Å². The maximum absolute atomic E-state index is 15.8. The number of carbonyl (C=O) groups excluding carboxylic acids is 5. The summed E-state index contributed by atoms with van der Waals surface area (Å²) in [5.41, 5.74) is -1.13. The molecule has 5 aromatic rings. The van der Waals surface area contributed by atoms with Gasteiger partial charge in [0.15, 0.2) is 0 Å². The van der Waals surface area contributed by atoms with Gasteiger partial charge in [-0.3, -0.25) is 10.1 Å². The first-order valence-electron chi connectivity index (χ1n) is 19.0. The van der Waals surface area contributed by atoms with Gasteiger partial charge in [-0.15, -0.1) is 0 Å². The zero-order valence-corrected chi connectivity index (χ0v) is 34.5. The van der Waals surface area contributed by atoms with E-state index in [0.29, 0.717) is 15.9 Å². The van der Waals surface area contributed by atoms with Crippen molar-refractivity contribution in [3.05, 3.63) is 171 Å². The van der Waals surface area contributed by atoms with E-state index >= 15 is 4.79 Å². The molecule has 61 heavy (non-hydrogen) atoms. The molecule has 1 saturated heterocycles. The minimum absolute atomic E-state index is 0.114. The third kappa shape index (κ3) is 8.09. The number of alkyl carbamates (subject to hydrolysis) is 1. The summed E-state index contributed by atoms with van der Waals surface area (Å²) in [4.78, 5) is 94.1. The fourth-order valence-corrected chi connectivity index (χ4v) is 14.4. The van der Waals surface area contributed by atoms with E-state index in [0.717, 1.165) is 6.92 Å². The third-order valence-electron chi connectivity index (χ3n) is 11.1. The van der Waals surface area contributed by atoms with Gasteiger partial charge in [0.1, 0.15) is 0 Å². The Labute approximate surface area is 354 Å². The standard InChI is InChI=1S/C44H40ClN4O11P/c1-29(46-43(53)59-26-31-16-12-14-24-36(31)48(55)56)38-40(39(30(2)50)41(45)51)47(42(38)52)28-61(33-18-6-3-7-19-33,34-20-8-4-9-21-34,35-22-10-5-11-23-35)44(54)60-27-32-17-13-15-25-37(32)49(57)58/h3-25,29,38-40H,26-28H2,1-2H3,(H,46,53). The van der Waals surface area contributed by atoms with E-state index in [9.17, 15) is 39.4 Å². The van der Waals surface area contributed by atoms with Gasteiger partial charge in [0.05, 0.1) is 0 Å². The van der Waals surface area contributed by atoms with Crippen LogP contribution in [0.25, 0.3) is 0 Å². The predicted molar refractivity (Wildman–Crippen MR) is 228 cm³/mol. The zero-order chi connectivity index (χ0) is 43.9. The molecule has 0 aromatic heterocycles. The first-order chi connectivity index (χ1) is 29.2. The van der Waals surface area contributed by atoms with Crippen molar-refractivity contribution in [2.75, 3.05) is 6.29 Å². The molecule has 17 heteroatoms. The molecule has 0 aliphatic carbocycles. The number of hydrogen-bond donors (Lipinski definition) is 1. The molecular formula is C44H40ClN4O11P. The molecule has 15 nitrogen and oxygen atoms in total. The summed E-state index contributed by atoms with van der Waals surface area (Å²) in [7, 11) is 0. The van der Waals surface area contributed by atoms with Crippen LogP contribution < -0.4 is 21.2 Å². The summed E-state index contributed by atoms with van der Waals surface area (Å²) in [6.45, 7) is -3.36. The van der Waals surface area contributed by atoms with E-state index in [-0.39, 0.29) is 22.5 Å². The van der Waals surface area contributed by atoms with Crippen LogP contribution in [0.15, 0.2) is 140 Å². The third-order valence-corrected chi connectivity index (χ3v) is 17.5. The van der Waals surface area contributed by atoms with Crippen molar-refractivity contribution in [2.45, 2.75) is 39.1 Å². The molecule has 4 unspecified atom stereocenters. The van der Waals surface area contributed by atoms with Crippen LogP contribution in [-0.4, -0.2) is 61.9 Å². The number of hydrogen-bond acceptors (Lipinski definition) is 11. The first-order valence-corrected chi connectivity index (χ1v) is 21.8. The maximum atomic E-state index is 15.8. The topological polar surface area (TPSA) is 205 Å².